The third-order valence-electron chi connectivity index (χ3n) is 4.21. The summed E-state index contributed by atoms with van der Waals surface area (Å²) in [5.41, 5.74) is 8.75. The number of aliphatic hydroxyl groups is 1. The van der Waals surface area contributed by atoms with E-state index in [9.17, 15) is 5.11 Å². The van der Waals surface area contributed by atoms with E-state index in [0.717, 1.165) is 39.7 Å². The van der Waals surface area contributed by atoms with Crippen molar-refractivity contribution in [3.63, 3.8) is 0 Å². The molecular weight excluding hydrogens is 318 g/mol. The second kappa shape index (κ2) is 5.22. The highest BCUT2D eigenvalue weighted by molar-refractivity contribution is 9.10. The van der Waals surface area contributed by atoms with Gasteiger partial charge in [-0.05, 0) is 46.5 Å². The Kier molecular flexibility index (Phi) is 3.56. The largest absolute Gasteiger partial charge is 0.398 e. The quantitative estimate of drug-likeness (QED) is 0.828. The van der Waals surface area contributed by atoms with Crippen molar-refractivity contribution in [1.29, 1.82) is 0 Å². The fourth-order valence-corrected chi connectivity index (χ4v) is 3.35. The Morgan fingerprint density at radius 1 is 1.50 bits per heavy atom. The number of anilines is 2. The number of pyridine rings is 1. The normalized spacial score (nSPS) is 22.6. The monoisotopic (exact) mass is 335 g/mol. The minimum absolute atomic E-state index is 0.160. The molecule has 0 radical (unpaired) electrons. The summed E-state index contributed by atoms with van der Waals surface area (Å²) in [5.74, 6) is 0.489. The smallest absolute Gasteiger partial charge is 0.0956 e. The molecule has 106 valence electrons. The van der Waals surface area contributed by atoms with Gasteiger partial charge in [0.25, 0.3) is 0 Å². The Balaban J connectivity index is 2.15. The lowest BCUT2D eigenvalue weighted by Gasteiger charge is -2.28. The summed E-state index contributed by atoms with van der Waals surface area (Å²) >= 11 is 3.44. The number of hydrogen-bond acceptors (Lipinski definition) is 4. The van der Waals surface area contributed by atoms with Gasteiger partial charge < -0.3 is 15.7 Å². The van der Waals surface area contributed by atoms with Crippen molar-refractivity contribution in [3.05, 3.63) is 28.9 Å². The summed E-state index contributed by atoms with van der Waals surface area (Å²) in [6, 6.07) is 6.09. The molecule has 2 heterocycles. The minimum atomic E-state index is 0.160. The van der Waals surface area contributed by atoms with Crippen molar-refractivity contribution >= 4 is 38.2 Å². The molecule has 4 nitrogen and oxygen atoms in total. The van der Waals surface area contributed by atoms with Crippen LogP contribution in [0, 0.1) is 5.92 Å². The number of aromatic nitrogens is 1. The lowest BCUT2D eigenvalue weighted by atomic mass is 10.0. The molecule has 3 N–H and O–H groups in total. The maximum Gasteiger partial charge on any atom is 0.0956 e. The lowest BCUT2D eigenvalue weighted by molar-refractivity contribution is 0.245. The van der Waals surface area contributed by atoms with Crippen LogP contribution in [0.4, 0.5) is 11.4 Å². The average molecular weight is 336 g/mol. The number of aliphatic hydroxyl groups excluding tert-OH is 1. The Hall–Kier alpha value is -1.33. The number of hydrogen-bond donors (Lipinski definition) is 2. The van der Waals surface area contributed by atoms with E-state index in [0.29, 0.717) is 5.92 Å². The topological polar surface area (TPSA) is 62.4 Å². The highest BCUT2D eigenvalue weighted by Crippen LogP contribution is 2.36. The Bertz CT molecular complexity index is 646. The van der Waals surface area contributed by atoms with E-state index in [4.69, 9.17) is 5.73 Å². The first-order valence-electron chi connectivity index (χ1n) is 6.83. The molecule has 2 unspecified atom stereocenters. The van der Waals surface area contributed by atoms with Crippen LogP contribution in [0.15, 0.2) is 28.9 Å². The standard InChI is InChI=1S/C15H18BrN3O/c1-9-4-5-19(14(9)8-20)13-3-2-12(17)11-6-10(16)7-18-15(11)13/h2-3,6-7,9,14,20H,4-5,8,17H2,1H3. The number of benzene rings is 1. The Morgan fingerprint density at radius 3 is 3.05 bits per heavy atom. The number of rotatable bonds is 2. The van der Waals surface area contributed by atoms with Crippen LogP contribution in [-0.2, 0) is 0 Å². The maximum atomic E-state index is 9.64. The van der Waals surface area contributed by atoms with Gasteiger partial charge in [-0.2, -0.15) is 0 Å². The summed E-state index contributed by atoms with van der Waals surface area (Å²) in [6.45, 7) is 3.30. The zero-order chi connectivity index (χ0) is 14.3. The molecule has 5 heteroatoms. The van der Waals surface area contributed by atoms with Gasteiger partial charge in [0.2, 0.25) is 0 Å². The van der Waals surface area contributed by atoms with E-state index in [2.05, 4.69) is 32.7 Å². The van der Waals surface area contributed by atoms with Crippen molar-refractivity contribution in [2.24, 2.45) is 5.92 Å². The van der Waals surface area contributed by atoms with E-state index in [1.165, 1.54) is 0 Å². The highest BCUT2D eigenvalue weighted by atomic mass is 79.9. The number of halogens is 1. The van der Waals surface area contributed by atoms with Crippen LogP contribution in [0.3, 0.4) is 0 Å². The van der Waals surface area contributed by atoms with Crippen LogP contribution in [0.5, 0.6) is 0 Å². The average Bonchev–Trinajstić information content (AvgIpc) is 2.80. The van der Waals surface area contributed by atoms with E-state index in [-0.39, 0.29) is 12.6 Å². The van der Waals surface area contributed by atoms with Crippen LogP contribution in [0.25, 0.3) is 10.9 Å². The molecule has 0 bridgehead atoms. The summed E-state index contributed by atoms with van der Waals surface area (Å²) in [4.78, 5) is 6.79. The van der Waals surface area contributed by atoms with Gasteiger partial charge in [0.15, 0.2) is 0 Å². The molecule has 20 heavy (non-hydrogen) atoms. The molecule has 1 aliphatic rings. The van der Waals surface area contributed by atoms with Crippen LogP contribution in [0.2, 0.25) is 0 Å². The second-order valence-corrected chi connectivity index (χ2v) is 6.35. The van der Waals surface area contributed by atoms with E-state index in [1.54, 1.807) is 6.20 Å². The number of fused-ring (bicyclic) bond motifs is 1. The summed E-state index contributed by atoms with van der Waals surface area (Å²) < 4.78 is 0.919. The van der Waals surface area contributed by atoms with E-state index < -0.39 is 0 Å². The SMILES string of the molecule is CC1CCN(c2ccc(N)c3cc(Br)cnc23)C1CO. The summed E-state index contributed by atoms with van der Waals surface area (Å²) in [5, 5.41) is 10.6. The molecule has 1 fully saturated rings. The van der Waals surface area contributed by atoms with Gasteiger partial charge in [-0.3, -0.25) is 4.98 Å². The van der Waals surface area contributed by atoms with Gasteiger partial charge in [0, 0.05) is 28.3 Å². The Labute approximate surface area is 126 Å². The van der Waals surface area contributed by atoms with Crippen LogP contribution in [-0.4, -0.2) is 29.3 Å². The molecular formula is C15H18BrN3O. The molecule has 1 aliphatic heterocycles. The van der Waals surface area contributed by atoms with Crippen molar-refractivity contribution in [2.75, 3.05) is 23.8 Å². The molecule has 0 amide bonds. The zero-order valence-corrected chi connectivity index (χ0v) is 13.0. The number of nitrogens with two attached hydrogens (primary N) is 1. The molecule has 3 rings (SSSR count). The molecule has 2 atom stereocenters. The van der Waals surface area contributed by atoms with Crippen LogP contribution < -0.4 is 10.6 Å². The summed E-state index contributed by atoms with van der Waals surface area (Å²) in [7, 11) is 0. The van der Waals surface area contributed by atoms with Crippen molar-refractivity contribution in [1.82, 2.24) is 4.98 Å². The first kappa shape index (κ1) is 13.6. The van der Waals surface area contributed by atoms with Crippen LogP contribution >= 0.6 is 15.9 Å². The number of nitrogens with zero attached hydrogens (tertiary/aromatic N) is 2. The fraction of sp³-hybridized carbons (Fsp3) is 0.400. The van der Waals surface area contributed by atoms with Gasteiger partial charge in [0.1, 0.15) is 0 Å². The minimum Gasteiger partial charge on any atom is -0.398 e. The molecule has 0 aliphatic carbocycles. The number of nitrogen functional groups attached to an aromatic ring is 1. The van der Waals surface area contributed by atoms with Crippen molar-refractivity contribution in [2.45, 2.75) is 19.4 Å². The fourth-order valence-electron chi connectivity index (χ4n) is 3.02. The van der Waals surface area contributed by atoms with Gasteiger partial charge in [0.05, 0.1) is 23.9 Å². The molecule has 0 saturated carbocycles. The maximum absolute atomic E-state index is 9.64. The van der Waals surface area contributed by atoms with E-state index >= 15 is 0 Å². The van der Waals surface area contributed by atoms with Crippen LogP contribution in [0.1, 0.15) is 13.3 Å². The van der Waals surface area contributed by atoms with E-state index in [1.807, 2.05) is 18.2 Å². The molecule has 0 spiro atoms. The van der Waals surface area contributed by atoms with Gasteiger partial charge >= 0.3 is 0 Å². The molecule has 1 saturated heterocycles. The zero-order valence-electron chi connectivity index (χ0n) is 11.4. The molecule has 1 aromatic carbocycles. The van der Waals surface area contributed by atoms with Gasteiger partial charge in [-0.1, -0.05) is 6.92 Å². The highest BCUT2D eigenvalue weighted by Gasteiger charge is 2.31. The first-order valence-corrected chi connectivity index (χ1v) is 7.62. The van der Waals surface area contributed by atoms with Crippen molar-refractivity contribution < 1.29 is 5.11 Å². The third-order valence-corrected chi connectivity index (χ3v) is 4.64. The van der Waals surface area contributed by atoms with Gasteiger partial charge in [-0.15, -0.1) is 0 Å². The predicted molar refractivity (Wildman–Crippen MR) is 85.9 cm³/mol. The summed E-state index contributed by atoms with van der Waals surface area (Å²) in [6.07, 6.45) is 2.88. The van der Waals surface area contributed by atoms with Crippen molar-refractivity contribution in [3.8, 4) is 0 Å². The Morgan fingerprint density at radius 2 is 2.30 bits per heavy atom. The second-order valence-electron chi connectivity index (χ2n) is 5.43. The first-order chi connectivity index (χ1) is 9.61. The lowest BCUT2D eigenvalue weighted by Crippen LogP contribution is -2.35. The predicted octanol–water partition coefficient (Wildman–Crippen LogP) is 2.79. The van der Waals surface area contributed by atoms with Gasteiger partial charge in [-0.25, -0.2) is 0 Å². The third kappa shape index (κ3) is 2.15. The molecule has 1 aromatic heterocycles. The molecule has 2 aromatic rings.